The topological polar surface area (TPSA) is 47.9 Å². The predicted molar refractivity (Wildman–Crippen MR) is 115 cm³/mol. The zero-order valence-corrected chi connectivity index (χ0v) is 17.8. The molecule has 1 aromatic heterocycles. The normalized spacial score (nSPS) is 17.1. The third-order valence-corrected chi connectivity index (χ3v) is 7.06. The van der Waals surface area contributed by atoms with Gasteiger partial charge in [-0.25, -0.2) is 0 Å². The SMILES string of the molecule is CN=C(NCCS(=O)c1ccccc1)N1CCN(Cc2ccc(Cl)s2)CC1. The molecule has 27 heavy (non-hydrogen) atoms. The standard InChI is InChI=1S/C19H25ClN4OS2/c1-21-19(22-9-14-27(25)17-5-3-2-4-6-17)24-12-10-23(11-13-24)15-16-7-8-18(20)26-16/h2-8H,9-15H2,1H3,(H,21,22). The highest BCUT2D eigenvalue weighted by atomic mass is 35.5. The maximum atomic E-state index is 12.3. The van der Waals surface area contributed by atoms with Crippen LogP contribution in [0.5, 0.6) is 0 Å². The highest BCUT2D eigenvalue weighted by Gasteiger charge is 2.20. The largest absolute Gasteiger partial charge is 0.355 e. The molecule has 0 aliphatic carbocycles. The Balaban J connectivity index is 1.41. The van der Waals surface area contributed by atoms with Gasteiger partial charge in [0.15, 0.2) is 5.96 Å². The molecular formula is C19H25ClN4OS2. The van der Waals surface area contributed by atoms with Crippen molar-refractivity contribution < 1.29 is 4.21 Å². The van der Waals surface area contributed by atoms with Gasteiger partial charge in [-0.05, 0) is 24.3 Å². The fourth-order valence-corrected chi connectivity index (χ4v) is 5.17. The lowest BCUT2D eigenvalue weighted by Crippen LogP contribution is -2.52. The number of guanidine groups is 1. The molecule has 1 saturated heterocycles. The van der Waals surface area contributed by atoms with E-state index in [2.05, 4.69) is 26.2 Å². The first-order valence-corrected chi connectivity index (χ1v) is 11.5. The van der Waals surface area contributed by atoms with E-state index in [1.165, 1.54) is 4.88 Å². The number of nitrogens with zero attached hydrogens (tertiary/aromatic N) is 3. The van der Waals surface area contributed by atoms with Gasteiger partial charge in [0.25, 0.3) is 0 Å². The van der Waals surface area contributed by atoms with Crippen LogP contribution in [0, 0.1) is 0 Å². The second kappa shape index (κ2) is 10.2. The molecule has 1 unspecified atom stereocenters. The van der Waals surface area contributed by atoms with E-state index in [1.54, 1.807) is 18.4 Å². The maximum absolute atomic E-state index is 12.3. The number of nitrogens with one attached hydrogen (secondary N) is 1. The third kappa shape index (κ3) is 6.04. The Morgan fingerprint density at radius 2 is 1.93 bits per heavy atom. The number of rotatable bonds is 6. The van der Waals surface area contributed by atoms with Gasteiger partial charge in [-0.1, -0.05) is 29.8 Å². The summed E-state index contributed by atoms with van der Waals surface area (Å²) in [7, 11) is 0.815. The van der Waals surface area contributed by atoms with Crippen LogP contribution < -0.4 is 5.32 Å². The van der Waals surface area contributed by atoms with Gasteiger partial charge in [0.05, 0.1) is 15.1 Å². The van der Waals surface area contributed by atoms with Crippen molar-refractivity contribution in [2.45, 2.75) is 11.4 Å². The van der Waals surface area contributed by atoms with Crippen molar-refractivity contribution in [3.8, 4) is 0 Å². The van der Waals surface area contributed by atoms with E-state index in [1.807, 2.05) is 36.4 Å². The van der Waals surface area contributed by atoms with E-state index in [0.29, 0.717) is 12.3 Å². The summed E-state index contributed by atoms with van der Waals surface area (Å²) >= 11 is 7.67. The molecule has 1 N–H and O–H groups in total. The molecule has 0 saturated carbocycles. The minimum Gasteiger partial charge on any atom is -0.355 e. The van der Waals surface area contributed by atoms with E-state index in [4.69, 9.17) is 11.6 Å². The summed E-state index contributed by atoms with van der Waals surface area (Å²) in [6.07, 6.45) is 0. The molecule has 0 spiro atoms. The van der Waals surface area contributed by atoms with Gasteiger partial charge in [-0.15, -0.1) is 11.3 Å². The molecule has 0 radical (unpaired) electrons. The van der Waals surface area contributed by atoms with Gasteiger partial charge in [0, 0.05) is 61.8 Å². The van der Waals surface area contributed by atoms with E-state index in [0.717, 1.165) is 47.9 Å². The molecule has 0 amide bonds. The molecule has 1 fully saturated rings. The molecule has 2 aromatic rings. The first kappa shape index (κ1) is 20.3. The number of hydrogen-bond donors (Lipinski definition) is 1. The van der Waals surface area contributed by atoms with Crippen molar-refractivity contribution in [2.24, 2.45) is 4.99 Å². The van der Waals surface area contributed by atoms with E-state index >= 15 is 0 Å². The van der Waals surface area contributed by atoms with Crippen LogP contribution >= 0.6 is 22.9 Å². The zero-order chi connectivity index (χ0) is 19.1. The van der Waals surface area contributed by atoms with Crippen molar-refractivity contribution in [1.29, 1.82) is 0 Å². The summed E-state index contributed by atoms with van der Waals surface area (Å²) in [6.45, 7) is 5.44. The Bertz CT molecular complexity index is 773. The Kier molecular flexibility index (Phi) is 7.70. The van der Waals surface area contributed by atoms with Crippen LogP contribution in [0.2, 0.25) is 4.34 Å². The monoisotopic (exact) mass is 424 g/mol. The number of piperazine rings is 1. The van der Waals surface area contributed by atoms with Crippen LogP contribution in [-0.2, 0) is 17.3 Å². The molecule has 1 aromatic carbocycles. The highest BCUT2D eigenvalue weighted by Crippen LogP contribution is 2.23. The molecule has 0 bridgehead atoms. The van der Waals surface area contributed by atoms with Gasteiger partial charge in [-0.3, -0.25) is 14.1 Å². The van der Waals surface area contributed by atoms with Crippen molar-refractivity contribution >= 4 is 39.7 Å². The van der Waals surface area contributed by atoms with E-state index in [-0.39, 0.29) is 0 Å². The molecule has 5 nitrogen and oxygen atoms in total. The first-order valence-electron chi connectivity index (χ1n) is 9.01. The average molecular weight is 425 g/mol. The Morgan fingerprint density at radius 1 is 1.19 bits per heavy atom. The number of thiophene rings is 1. The van der Waals surface area contributed by atoms with Gasteiger partial charge in [-0.2, -0.15) is 0 Å². The van der Waals surface area contributed by atoms with Crippen LogP contribution in [0.4, 0.5) is 0 Å². The third-order valence-electron chi connectivity index (χ3n) is 4.47. The molecule has 1 aliphatic heterocycles. The minimum absolute atomic E-state index is 0.572. The maximum Gasteiger partial charge on any atom is 0.193 e. The van der Waals surface area contributed by atoms with Crippen LogP contribution in [0.25, 0.3) is 0 Å². The predicted octanol–water partition coefficient (Wildman–Crippen LogP) is 2.90. The number of benzene rings is 1. The van der Waals surface area contributed by atoms with Crippen LogP contribution in [0.1, 0.15) is 4.88 Å². The van der Waals surface area contributed by atoms with Crippen LogP contribution in [-0.4, -0.2) is 65.5 Å². The first-order chi connectivity index (χ1) is 13.2. The van der Waals surface area contributed by atoms with Crippen molar-refractivity contribution in [3.63, 3.8) is 0 Å². The molecule has 146 valence electrons. The van der Waals surface area contributed by atoms with Crippen LogP contribution in [0.15, 0.2) is 52.4 Å². The number of aliphatic imine (C=N–C) groups is 1. The van der Waals surface area contributed by atoms with Crippen molar-refractivity contribution in [3.05, 3.63) is 51.7 Å². The van der Waals surface area contributed by atoms with Gasteiger partial charge in [0.2, 0.25) is 0 Å². The summed E-state index contributed by atoms with van der Waals surface area (Å²) < 4.78 is 13.2. The molecule has 8 heteroatoms. The molecule has 2 heterocycles. The van der Waals surface area contributed by atoms with Gasteiger partial charge < -0.3 is 10.2 Å². The Morgan fingerprint density at radius 3 is 2.56 bits per heavy atom. The van der Waals surface area contributed by atoms with E-state index < -0.39 is 10.8 Å². The van der Waals surface area contributed by atoms with Gasteiger partial charge >= 0.3 is 0 Å². The summed E-state index contributed by atoms with van der Waals surface area (Å²) in [5.74, 6) is 1.46. The molecule has 3 rings (SSSR count). The molecule has 1 aliphatic rings. The molecule has 1 atom stereocenters. The average Bonchev–Trinajstić information content (AvgIpc) is 3.11. The second-order valence-electron chi connectivity index (χ2n) is 6.31. The fourth-order valence-electron chi connectivity index (χ4n) is 3.05. The summed E-state index contributed by atoms with van der Waals surface area (Å²) in [6, 6.07) is 13.7. The smallest absolute Gasteiger partial charge is 0.193 e. The minimum atomic E-state index is -0.987. The Hall–Kier alpha value is -1.41. The summed E-state index contributed by atoms with van der Waals surface area (Å²) in [5.41, 5.74) is 0. The van der Waals surface area contributed by atoms with Crippen molar-refractivity contribution in [2.75, 3.05) is 45.5 Å². The highest BCUT2D eigenvalue weighted by molar-refractivity contribution is 7.85. The fraction of sp³-hybridized carbons (Fsp3) is 0.421. The van der Waals surface area contributed by atoms with Crippen LogP contribution in [0.3, 0.4) is 0 Å². The lowest BCUT2D eigenvalue weighted by atomic mass is 10.3. The zero-order valence-electron chi connectivity index (χ0n) is 15.4. The number of halogens is 1. The van der Waals surface area contributed by atoms with Crippen molar-refractivity contribution in [1.82, 2.24) is 15.1 Å². The lowest BCUT2D eigenvalue weighted by Gasteiger charge is -2.36. The summed E-state index contributed by atoms with van der Waals surface area (Å²) in [4.78, 5) is 11.3. The number of hydrogen-bond acceptors (Lipinski definition) is 4. The van der Waals surface area contributed by atoms with Gasteiger partial charge in [0.1, 0.15) is 0 Å². The Labute approximate surface area is 172 Å². The lowest BCUT2D eigenvalue weighted by molar-refractivity contribution is 0.174. The summed E-state index contributed by atoms with van der Waals surface area (Å²) in [5, 5.41) is 3.36. The van der Waals surface area contributed by atoms with E-state index in [9.17, 15) is 4.21 Å². The quantitative estimate of drug-likeness (QED) is 0.572. The molecular weight excluding hydrogens is 400 g/mol. The second-order valence-corrected chi connectivity index (χ2v) is 9.68.